The van der Waals surface area contributed by atoms with E-state index in [1.807, 2.05) is 24.6 Å². The van der Waals surface area contributed by atoms with Gasteiger partial charge in [0.15, 0.2) is 5.82 Å². The molecule has 6 rings (SSSR count). The van der Waals surface area contributed by atoms with Crippen molar-refractivity contribution in [1.82, 2.24) is 39.2 Å². The van der Waals surface area contributed by atoms with E-state index in [1.54, 1.807) is 37.5 Å². The van der Waals surface area contributed by atoms with E-state index in [4.69, 9.17) is 5.10 Å². The zero-order valence-corrected chi connectivity index (χ0v) is 25.7. The lowest BCUT2D eigenvalue weighted by molar-refractivity contribution is 0.0545. The molecule has 4 N–H and O–H groups in total. The number of amides is 1. The van der Waals surface area contributed by atoms with Crippen molar-refractivity contribution in [1.29, 1.82) is 0 Å². The summed E-state index contributed by atoms with van der Waals surface area (Å²) in [4.78, 5) is 25.9. The first-order valence-corrected chi connectivity index (χ1v) is 16.0. The van der Waals surface area contributed by atoms with Crippen molar-refractivity contribution >= 4 is 38.5 Å². The average molecular weight is 632 g/mol. The molecule has 4 heterocycles. The number of aliphatic hydroxyl groups is 1. The summed E-state index contributed by atoms with van der Waals surface area (Å²) in [5, 5.41) is 36.2. The monoisotopic (exact) mass is 631 g/mol. The number of carbonyl (C=O) groups excluding carboxylic acids is 1. The predicted octanol–water partition coefficient (Wildman–Crippen LogP) is 3.18. The van der Waals surface area contributed by atoms with Crippen LogP contribution < -0.4 is 10.6 Å². The average Bonchev–Trinajstić information content (AvgIpc) is 3.65. The van der Waals surface area contributed by atoms with Gasteiger partial charge in [-0.3, -0.25) is 9.48 Å². The summed E-state index contributed by atoms with van der Waals surface area (Å²) in [6.07, 6.45) is 7.50. The summed E-state index contributed by atoms with van der Waals surface area (Å²) in [5.41, 5.74) is 0.648. The third-order valence-electron chi connectivity index (χ3n) is 7.42. The van der Waals surface area contributed by atoms with Crippen LogP contribution in [0.2, 0.25) is 0 Å². The van der Waals surface area contributed by atoms with Gasteiger partial charge in [-0.25, -0.2) is 23.4 Å². The summed E-state index contributed by atoms with van der Waals surface area (Å²) in [6.45, 7) is 5.54. The highest BCUT2D eigenvalue weighted by Gasteiger charge is 2.37. The van der Waals surface area contributed by atoms with E-state index in [9.17, 15) is 23.4 Å². The number of hydrogen-bond acceptors (Lipinski definition) is 11. The first-order valence-electron chi connectivity index (χ1n) is 14.5. The molecule has 0 aliphatic heterocycles. The van der Waals surface area contributed by atoms with E-state index < -0.39 is 21.5 Å². The Morgan fingerprint density at radius 2 is 1.91 bits per heavy atom. The summed E-state index contributed by atoms with van der Waals surface area (Å²) >= 11 is 0. The van der Waals surface area contributed by atoms with Gasteiger partial charge in [-0.05, 0) is 51.8 Å². The minimum absolute atomic E-state index is 0.00341. The van der Waals surface area contributed by atoms with E-state index >= 15 is 0 Å². The number of anilines is 2. The largest absolute Gasteiger partial charge is 0.507 e. The lowest BCUT2D eigenvalue weighted by Crippen LogP contribution is -2.42. The molecule has 14 nitrogen and oxygen atoms in total. The lowest BCUT2D eigenvalue weighted by Gasteiger charge is -2.23. The quantitative estimate of drug-likeness (QED) is 0.167. The molecule has 0 spiro atoms. The third kappa shape index (κ3) is 6.35. The Morgan fingerprint density at radius 3 is 2.64 bits per heavy atom. The molecule has 45 heavy (non-hydrogen) atoms. The molecular formula is C30H33N9O5S. The second kappa shape index (κ2) is 11.6. The lowest BCUT2D eigenvalue weighted by atomic mass is 9.98. The number of aromatic nitrogens is 7. The van der Waals surface area contributed by atoms with Crippen LogP contribution in [0.5, 0.6) is 5.75 Å². The zero-order chi connectivity index (χ0) is 31.9. The molecule has 0 saturated heterocycles. The predicted molar refractivity (Wildman–Crippen MR) is 167 cm³/mol. The standard InChI is InChI=1S/C30H33N9O5S/c1-18(2)39-24-12-27(35-26-10-11-31-28(36-26)19-14-34-38(16-19)45(43,44)20-8-9-20)32-15-22(24)23(37-39)13-30(3,42)17-33-29(41)21-6-4-5-7-25(21)40/h4-7,10-12,14-16,18,20,40,42H,8-9,13,17H2,1-3H3,(H,33,41)(H,31,32,35,36). The van der Waals surface area contributed by atoms with E-state index in [-0.39, 0.29) is 35.6 Å². The summed E-state index contributed by atoms with van der Waals surface area (Å²) in [6, 6.07) is 9.72. The number of aromatic hydroxyl groups is 1. The Bertz CT molecular complexity index is 2000. The number of rotatable bonds is 11. The van der Waals surface area contributed by atoms with Gasteiger partial charge in [-0.2, -0.15) is 14.3 Å². The van der Waals surface area contributed by atoms with Crippen molar-refractivity contribution in [3.63, 3.8) is 0 Å². The number of benzene rings is 1. The van der Waals surface area contributed by atoms with Crippen LogP contribution in [0.25, 0.3) is 22.3 Å². The number of phenols is 1. The molecular weight excluding hydrogens is 598 g/mol. The third-order valence-corrected chi connectivity index (χ3v) is 9.46. The van der Waals surface area contributed by atoms with E-state index in [2.05, 4.69) is 30.7 Å². The molecule has 1 saturated carbocycles. The second-order valence-corrected chi connectivity index (χ2v) is 13.8. The highest BCUT2D eigenvalue weighted by molar-refractivity contribution is 7.90. The van der Waals surface area contributed by atoms with Crippen molar-refractivity contribution in [3.05, 3.63) is 72.4 Å². The molecule has 1 amide bonds. The second-order valence-electron chi connectivity index (χ2n) is 11.7. The van der Waals surface area contributed by atoms with Crippen LogP contribution in [-0.4, -0.2) is 75.9 Å². The Kier molecular flexibility index (Phi) is 7.74. The molecule has 5 aromatic rings. The van der Waals surface area contributed by atoms with E-state index in [0.717, 1.165) is 15.0 Å². The van der Waals surface area contributed by atoms with Gasteiger partial charge in [-0.1, -0.05) is 12.1 Å². The van der Waals surface area contributed by atoms with Crippen LogP contribution in [0.1, 0.15) is 55.7 Å². The van der Waals surface area contributed by atoms with Crippen molar-refractivity contribution in [2.45, 2.75) is 56.9 Å². The summed E-state index contributed by atoms with van der Waals surface area (Å²) < 4.78 is 27.9. The molecule has 1 atom stereocenters. The molecule has 234 valence electrons. The van der Waals surface area contributed by atoms with Crippen molar-refractivity contribution < 1.29 is 23.4 Å². The smallest absolute Gasteiger partial charge is 0.256 e. The van der Waals surface area contributed by atoms with Crippen LogP contribution in [0.4, 0.5) is 11.6 Å². The molecule has 1 aromatic carbocycles. The molecule has 1 aliphatic rings. The number of pyridine rings is 1. The molecule has 1 aliphatic carbocycles. The van der Waals surface area contributed by atoms with Gasteiger partial charge in [0, 0.05) is 42.9 Å². The first kappa shape index (κ1) is 30.1. The Morgan fingerprint density at radius 1 is 1.13 bits per heavy atom. The molecule has 0 radical (unpaired) electrons. The molecule has 0 bridgehead atoms. The topological polar surface area (TPSA) is 190 Å². The van der Waals surface area contributed by atoms with E-state index in [0.29, 0.717) is 41.6 Å². The fourth-order valence-corrected chi connectivity index (χ4v) is 6.39. The number of phenolic OH excluding ortho intramolecular Hbond substituents is 1. The van der Waals surface area contributed by atoms with Gasteiger partial charge < -0.3 is 20.8 Å². The minimum atomic E-state index is -3.50. The zero-order valence-electron chi connectivity index (χ0n) is 24.9. The SMILES string of the molecule is CC(C)n1nc(CC(C)(O)CNC(=O)c2ccccc2O)c2cnc(Nc3ccnc(-c4cnn(S(=O)(=O)C5CC5)c4)n3)cc21. The number of hydrogen-bond donors (Lipinski definition) is 4. The van der Waals surface area contributed by atoms with Crippen molar-refractivity contribution in [3.8, 4) is 17.1 Å². The fourth-order valence-electron chi connectivity index (χ4n) is 4.92. The number of fused-ring (bicyclic) bond motifs is 1. The number of nitrogens with one attached hydrogen (secondary N) is 2. The Balaban J connectivity index is 1.20. The van der Waals surface area contributed by atoms with Gasteiger partial charge in [0.2, 0.25) is 0 Å². The highest BCUT2D eigenvalue weighted by atomic mass is 32.2. The van der Waals surface area contributed by atoms with Crippen LogP contribution in [0.15, 0.2) is 61.2 Å². The Hall–Kier alpha value is -4.89. The van der Waals surface area contributed by atoms with Crippen molar-refractivity contribution in [2.75, 3.05) is 11.9 Å². The van der Waals surface area contributed by atoms with Crippen LogP contribution in [-0.2, 0) is 16.4 Å². The normalized spacial score (nSPS) is 14.9. The molecule has 1 fully saturated rings. The van der Waals surface area contributed by atoms with Gasteiger partial charge in [-0.15, -0.1) is 0 Å². The number of carbonyl (C=O) groups is 1. The summed E-state index contributed by atoms with van der Waals surface area (Å²) in [7, 11) is -3.50. The summed E-state index contributed by atoms with van der Waals surface area (Å²) in [5.74, 6) is 0.621. The van der Waals surface area contributed by atoms with Gasteiger partial charge in [0.1, 0.15) is 17.4 Å². The number of nitrogens with zero attached hydrogens (tertiary/aromatic N) is 7. The first-order chi connectivity index (χ1) is 21.4. The molecule has 4 aromatic heterocycles. The van der Waals surface area contributed by atoms with Gasteiger partial charge in [0.25, 0.3) is 15.9 Å². The number of para-hydroxylation sites is 1. The van der Waals surface area contributed by atoms with E-state index in [1.165, 1.54) is 24.5 Å². The van der Waals surface area contributed by atoms with Gasteiger partial charge >= 0.3 is 0 Å². The van der Waals surface area contributed by atoms with Gasteiger partial charge in [0.05, 0.1) is 45.6 Å². The molecule has 15 heteroatoms. The molecule has 1 unspecified atom stereocenters. The van der Waals surface area contributed by atoms with Crippen molar-refractivity contribution in [2.24, 2.45) is 0 Å². The maximum Gasteiger partial charge on any atom is 0.256 e. The van der Waals surface area contributed by atoms with Crippen LogP contribution >= 0.6 is 0 Å². The maximum absolute atomic E-state index is 12.6. The Labute approximate surface area is 259 Å². The maximum atomic E-state index is 12.6. The van der Waals surface area contributed by atoms with Crippen LogP contribution in [0, 0.1) is 0 Å². The van der Waals surface area contributed by atoms with Crippen LogP contribution in [0.3, 0.4) is 0 Å². The minimum Gasteiger partial charge on any atom is -0.507 e. The fraction of sp³-hybridized carbons (Fsp3) is 0.333. The highest BCUT2D eigenvalue weighted by Crippen LogP contribution is 2.31.